The van der Waals surface area contributed by atoms with Gasteiger partial charge in [0.15, 0.2) is 5.78 Å². The Balaban J connectivity index is 2.79. The lowest BCUT2D eigenvalue weighted by Gasteiger charge is -2.07. The van der Waals surface area contributed by atoms with Crippen LogP contribution in [0.15, 0.2) is 29.2 Å². The third-order valence-electron chi connectivity index (χ3n) is 1.75. The zero-order valence-corrected chi connectivity index (χ0v) is 9.17. The van der Waals surface area contributed by atoms with Gasteiger partial charge in [-0.15, -0.1) is 11.8 Å². The van der Waals surface area contributed by atoms with Crippen molar-refractivity contribution in [3.05, 3.63) is 29.8 Å². The third kappa shape index (κ3) is 3.16. The first kappa shape index (κ1) is 11.3. The molecule has 0 radical (unpaired) electrons. The van der Waals surface area contributed by atoms with Crippen molar-refractivity contribution in [3.8, 4) is 0 Å². The molecule has 0 aliphatic rings. The van der Waals surface area contributed by atoms with E-state index in [4.69, 9.17) is 5.11 Å². The van der Waals surface area contributed by atoms with Gasteiger partial charge in [-0.05, 0) is 19.9 Å². The third-order valence-corrected chi connectivity index (χ3v) is 3.06. The van der Waals surface area contributed by atoms with Crippen molar-refractivity contribution < 1.29 is 9.90 Å². The predicted octanol–water partition coefficient (Wildman–Crippen LogP) is 2.36. The number of benzene rings is 1. The number of thioether (sulfide) groups is 1. The lowest BCUT2D eigenvalue weighted by molar-refractivity contribution is 0.101. The van der Waals surface area contributed by atoms with E-state index < -0.39 is 0 Å². The SMILES string of the molecule is CC(=O)c1ccccc1SCC(C)O. The van der Waals surface area contributed by atoms with Crippen LogP contribution in [-0.4, -0.2) is 22.7 Å². The Kier molecular flexibility index (Phi) is 4.17. The van der Waals surface area contributed by atoms with Gasteiger partial charge in [-0.2, -0.15) is 0 Å². The largest absolute Gasteiger partial charge is 0.393 e. The number of carbonyl (C=O) groups is 1. The van der Waals surface area contributed by atoms with Crippen LogP contribution in [0.2, 0.25) is 0 Å². The molecule has 0 amide bonds. The van der Waals surface area contributed by atoms with Crippen molar-refractivity contribution in [3.63, 3.8) is 0 Å². The lowest BCUT2D eigenvalue weighted by atomic mass is 10.1. The van der Waals surface area contributed by atoms with Crippen LogP contribution in [0.5, 0.6) is 0 Å². The summed E-state index contributed by atoms with van der Waals surface area (Å²) in [5.41, 5.74) is 0.734. The summed E-state index contributed by atoms with van der Waals surface area (Å²) in [6.07, 6.45) is -0.347. The smallest absolute Gasteiger partial charge is 0.160 e. The van der Waals surface area contributed by atoms with E-state index in [1.165, 1.54) is 11.8 Å². The highest BCUT2D eigenvalue weighted by Crippen LogP contribution is 2.23. The number of Topliss-reactive ketones (excluding diaryl/α,β-unsaturated/α-hetero) is 1. The zero-order valence-electron chi connectivity index (χ0n) is 8.36. The van der Waals surface area contributed by atoms with Gasteiger partial charge in [0.05, 0.1) is 6.10 Å². The Morgan fingerprint density at radius 2 is 2.14 bits per heavy atom. The van der Waals surface area contributed by atoms with E-state index in [-0.39, 0.29) is 11.9 Å². The molecule has 1 atom stereocenters. The Bertz CT molecular complexity index is 321. The highest BCUT2D eigenvalue weighted by molar-refractivity contribution is 7.99. The van der Waals surface area contributed by atoms with Gasteiger partial charge in [0, 0.05) is 16.2 Å². The van der Waals surface area contributed by atoms with Crippen LogP contribution in [-0.2, 0) is 0 Å². The number of hydrogen-bond acceptors (Lipinski definition) is 3. The molecule has 0 aromatic heterocycles. The molecule has 0 aliphatic heterocycles. The summed E-state index contributed by atoms with van der Waals surface area (Å²) in [6.45, 7) is 3.30. The molecule has 1 aromatic rings. The molecule has 1 unspecified atom stereocenters. The first-order valence-electron chi connectivity index (χ1n) is 4.52. The highest BCUT2D eigenvalue weighted by Gasteiger charge is 2.07. The molecule has 0 spiro atoms. The molecule has 0 bridgehead atoms. The zero-order chi connectivity index (χ0) is 10.6. The van der Waals surface area contributed by atoms with E-state index >= 15 is 0 Å². The van der Waals surface area contributed by atoms with Gasteiger partial charge >= 0.3 is 0 Å². The Labute approximate surface area is 88.3 Å². The second kappa shape index (κ2) is 5.17. The summed E-state index contributed by atoms with van der Waals surface area (Å²) >= 11 is 1.51. The van der Waals surface area contributed by atoms with Gasteiger partial charge in [-0.25, -0.2) is 0 Å². The molecule has 0 saturated carbocycles. The van der Waals surface area contributed by atoms with Gasteiger partial charge in [-0.3, -0.25) is 4.79 Å². The molecule has 14 heavy (non-hydrogen) atoms. The highest BCUT2D eigenvalue weighted by atomic mass is 32.2. The minimum Gasteiger partial charge on any atom is -0.393 e. The van der Waals surface area contributed by atoms with E-state index in [1.54, 1.807) is 13.8 Å². The van der Waals surface area contributed by atoms with Crippen molar-refractivity contribution in [1.82, 2.24) is 0 Å². The molecule has 1 rings (SSSR count). The summed E-state index contributed by atoms with van der Waals surface area (Å²) in [4.78, 5) is 12.2. The maximum atomic E-state index is 11.2. The molecule has 3 heteroatoms. The fraction of sp³-hybridized carbons (Fsp3) is 0.364. The van der Waals surface area contributed by atoms with Gasteiger partial charge in [0.1, 0.15) is 0 Å². The minimum atomic E-state index is -0.347. The van der Waals surface area contributed by atoms with Crippen LogP contribution in [0.4, 0.5) is 0 Å². The molecule has 76 valence electrons. The maximum Gasteiger partial charge on any atom is 0.160 e. The minimum absolute atomic E-state index is 0.0682. The molecule has 0 aliphatic carbocycles. The van der Waals surface area contributed by atoms with Crippen molar-refractivity contribution in [1.29, 1.82) is 0 Å². The summed E-state index contributed by atoms with van der Waals surface area (Å²) in [5.74, 6) is 0.684. The molecule has 0 heterocycles. The van der Waals surface area contributed by atoms with Gasteiger partial charge < -0.3 is 5.11 Å². The fourth-order valence-electron chi connectivity index (χ4n) is 1.09. The summed E-state index contributed by atoms with van der Waals surface area (Å²) < 4.78 is 0. The van der Waals surface area contributed by atoms with Gasteiger partial charge in [-0.1, -0.05) is 18.2 Å². The van der Waals surface area contributed by atoms with Crippen molar-refractivity contribution in [2.75, 3.05) is 5.75 Å². The van der Waals surface area contributed by atoms with Crippen LogP contribution in [0.1, 0.15) is 24.2 Å². The second-order valence-corrected chi connectivity index (χ2v) is 4.27. The van der Waals surface area contributed by atoms with Crippen molar-refractivity contribution in [2.45, 2.75) is 24.8 Å². The average Bonchev–Trinajstić information content (AvgIpc) is 2.15. The Morgan fingerprint density at radius 1 is 1.50 bits per heavy atom. The van der Waals surface area contributed by atoms with Gasteiger partial charge in [0.2, 0.25) is 0 Å². The summed E-state index contributed by atoms with van der Waals surface area (Å²) in [6, 6.07) is 7.47. The first-order chi connectivity index (χ1) is 6.61. The summed E-state index contributed by atoms with van der Waals surface area (Å²) in [7, 11) is 0. The van der Waals surface area contributed by atoms with E-state index in [0.29, 0.717) is 5.75 Å². The quantitative estimate of drug-likeness (QED) is 0.612. The number of rotatable bonds is 4. The molecular weight excluding hydrogens is 196 g/mol. The van der Waals surface area contributed by atoms with Crippen molar-refractivity contribution in [2.24, 2.45) is 0 Å². The van der Waals surface area contributed by atoms with Crippen molar-refractivity contribution >= 4 is 17.5 Å². The Hall–Kier alpha value is -0.800. The van der Waals surface area contributed by atoms with Crippen LogP contribution >= 0.6 is 11.8 Å². The maximum absolute atomic E-state index is 11.2. The van der Waals surface area contributed by atoms with Crippen LogP contribution < -0.4 is 0 Å². The topological polar surface area (TPSA) is 37.3 Å². The molecule has 2 nitrogen and oxygen atoms in total. The predicted molar refractivity (Wildman–Crippen MR) is 58.9 cm³/mol. The van der Waals surface area contributed by atoms with Crippen LogP contribution in [0, 0.1) is 0 Å². The second-order valence-electron chi connectivity index (χ2n) is 3.21. The van der Waals surface area contributed by atoms with Crippen LogP contribution in [0.3, 0.4) is 0 Å². The summed E-state index contributed by atoms with van der Waals surface area (Å²) in [5, 5.41) is 9.14. The van der Waals surface area contributed by atoms with E-state index in [0.717, 1.165) is 10.5 Å². The number of aliphatic hydroxyl groups is 1. The Morgan fingerprint density at radius 3 is 2.71 bits per heavy atom. The molecule has 1 aromatic carbocycles. The van der Waals surface area contributed by atoms with E-state index in [2.05, 4.69) is 0 Å². The monoisotopic (exact) mass is 210 g/mol. The number of carbonyl (C=O) groups excluding carboxylic acids is 1. The van der Waals surface area contributed by atoms with Crippen LogP contribution in [0.25, 0.3) is 0 Å². The van der Waals surface area contributed by atoms with Gasteiger partial charge in [0.25, 0.3) is 0 Å². The fourth-order valence-corrected chi connectivity index (χ4v) is 2.06. The lowest BCUT2D eigenvalue weighted by Crippen LogP contribution is -2.03. The van der Waals surface area contributed by atoms with E-state index in [9.17, 15) is 4.79 Å². The molecular formula is C11H14O2S. The first-order valence-corrected chi connectivity index (χ1v) is 5.50. The molecule has 0 saturated heterocycles. The standard InChI is InChI=1S/C11H14O2S/c1-8(12)7-14-11-6-4-3-5-10(11)9(2)13/h3-6,8,12H,7H2,1-2H3. The number of ketones is 1. The number of hydrogen-bond donors (Lipinski definition) is 1. The normalized spacial score (nSPS) is 12.5. The number of aliphatic hydroxyl groups excluding tert-OH is 1. The molecule has 0 fully saturated rings. The molecule has 1 N–H and O–H groups in total. The average molecular weight is 210 g/mol. The van der Waals surface area contributed by atoms with E-state index in [1.807, 2.05) is 24.3 Å².